The number of piperazine rings is 1. The van der Waals surface area contributed by atoms with Crippen LogP contribution in [0.25, 0.3) is 0 Å². The summed E-state index contributed by atoms with van der Waals surface area (Å²) >= 11 is 0. The molecule has 0 radical (unpaired) electrons. The minimum Gasteiger partial charge on any atom is -0.493 e. The Morgan fingerprint density at radius 3 is 2.28 bits per heavy atom. The molecule has 1 aromatic rings. The van der Waals surface area contributed by atoms with Gasteiger partial charge in [0.05, 0.1) is 21.3 Å². The van der Waals surface area contributed by atoms with Crippen LogP contribution in [-0.2, 0) is 6.54 Å². The molecule has 2 heterocycles. The maximum absolute atomic E-state index is 5.51. The Balaban J connectivity index is 1.57. The minimum absolute atomic E-state index is 0.638. The first-order valence-corrected chi connectivity index (χ1v) is 11.8. The molecule has 0 aromatic heterocycles. The number of hydrogen-bond donors (Lipinski definition) is 1. The Labute approximate surface area is 193 Å². The predicted molar refractivity (Wildman–Crippen MR) is 129 cm³/mol. The fourth-order valence-electron chi connectivity index (χ4n) is 4.67. The van der Waals surface area contributed by atoms with Crippen LogP contribution in [0.1, 0.15) is 25.3 Å². The van der Waals surface area contributed by atoms with Gasteiger partial charge in [-0.3, -0.25) is 9.89 Å². The first-order chi connectivity index (χ1) is 15.6. The highest BCUT2D eigenvalue weighted by Gasteiger charge is 2.22. The SMILES string of the molecule is CCNC(=NCC1CCCN(C)C1)N1CCN(Cc2cc(OC)c(OC)c(OC)c2)CC1. The van der Waals surface area contributed by atoms with Crippen LogP contribution in [0.15, 0.2) is 17.1 Å². The molecule has 2 aliphatic heterocycles. The van der Waals surface area contributed by atoms with E-state index in [0.717, 1.165) is 63.9 Å². The van der Waals surface area contributed by atoms with E-state index in [0.29, 0.717) is 23.2 Å². The highest BCUT2D eigenvalue weighted by Crippen LogP contribution is 2.38. The molecular formula is C24H41N5O3. The lowest BCUT2D eigenvalue weighted by Crippen LogP contribution is -2.52. The fourth-order valence-corrected chi connectivity index (χ4v) is 4.67. The maximum atomic E-state index is 5.51. The van der Waals surface area contributed by atoms with Crippen molar-refractivity contribution >= 4 is 5.96 Å². The maximum Gasteiger partial charge on any atom is 0.203 e. The number of nitrogens with one attached hydrogen (secondary N) is 1. The predicted octanol–water partition coefficient (Wildman–Crippen LogP) is 2.14. The quantitative estimate of drug-likeness (QED) is 0.484. The number of aliphatic imine (C=N–C) groups is 1. The van der Waals surface area contributed by atoms with Gasteiger partial charge >= 0.3 is 0 Å². The van der Waals surface area contributed by atoms with E-state index in [2.05, 4.69) is 34.0 Å². The van der Waals surface area contributed by atoms with Crippen molar-refractivity contribution in [3.05, 3.63) is 17.7 Å². The van der Waals surface area contributed by atoms with Crippen molar-refractivity contribution in [2.75, 3.05) is 80.7 Å². The van der Waals surface area contributed by atoms with E-state index in [9.17, 15) is 0 Å². The van der Waals surface area contributed by atoms with Crippen LogP contribution in [0.4, 0.5) is 0 Å². The Kier molecular flexibility index (Phi) is 9.29. The van der Waals surface area contributed by atoms with E-state index in [-0.39, 0.29) is 0 Å². The van der Waals surface area contributed by atoms with E-state index in [1.807, 2.05) is 12.1 Å². The third-order valence-electron chi connectivity index (χ3n) is 6.36. The van der Waals surface area contributed by atoms with Crippen LogP contribution in [0.2, 0.25) is 0 Å². The molecule has 1 aromatic carbocycles. The number of methoxy groups -OCH3 is 3. The summed E-state index contributed by atoms with van der Waals surface area (Å²) in [7, 11) is 7.17. The summed E-state index contributed by atoms with van der Waals surface area (Å²) in [5.74, 6) is 3.78. The highest BCUT2D eigenvalue weighted by molar-refractivity contribution is 5.80. The number of piperidine rings is 1. The molecule has 2 aliphatic rings. The normalized spacial score (nSPS) is 20.8. The van der Waals surface area contributed by atoms with Gasteiger partial charge in [0.15, 0.2) is 17.5 Å². The molecule has 8 heteroatoms. The topological polar surface area (TPSA) is 61.8 Å². The fraction of sp³-hybridized carbons (Fsp3) is 0.708. The van der Waals surface area contributed by atoms with Crippen LogP contribution in [0, 0.1) is 5.92 Å². The van der Waals surface area contributed by atoms with Gasteiger partial charge in [0.25, 0.3) is 0 Å². The molecule has 8 nitrogen and oxygen atoms in total. The van der Waals surface area contributed by atoms with E-state index in [1.165, 1.54) is 19.4 Å². The summed E-state index contributed by atoms with van der Waals surface area (Å²) in [6.07, 6.45) is 2.57. The second-order valence-corrected chi connectivity index (χ2v) is 8.76. The number of hydrogen-bond acceptors (Lipinski definition) is 6. The van der Waals surface area contributed by atoms with Gasteiger partial charge in [0.1, 0.15) is 0 Å². The van der Waals surface area contributed by atoms with E-state index in [1.54, 1.807) is 21.3 Å². The molecule has 2 fully saturated rings. The summed E-state index contributed by atoms with van der Waals surface area (Å²) in [4.78, 5) is 12.3. The van der Waals surface area contributed by atoms with Crippen molar-refractivity contribution in [1.82, 2.24) is 20.0 Å². The number of likely N-dealkylation sites (tertiary alicyclic amines) is 1. The number of nitrogens with zero attached hydrogens (tertiary/aromatic N) is 4. The molecule has 32 heavy (non-hydrogen) atoms. The summed E-state index contributed by atoms with van der Waals surface area (Å²) in [5, 5.41) is 3.51. The third-order valence-corrected chi connectivity index (χ3v) is 6.36. The smallest absolute Gasteiger partial charge is 0.203 e. The summed E-state index contributed by atoms with van der Waals surface area (Å²) in [5.41, 5.74) is 1.16. The third kappa shape index (κ3) is 6.42. The van der Waals surface area contributed by atoms with Crippen molar-refractivity contribution in [3.8, 4) is 17.2 Å². The number of benzene rings is 1. The second-order valence-electron chi connectivity index (χ2n) is 8.76. The number of rotatable bonds is 8. The molecule has 0 aliphatic carbocycles. The average molecular weight is 448 g/mol. The largest absolute Gasteiger partial charge is 0.493 e. The van der Waals surface area contributed by atoms with Crippen LogP contribution >= 0.6 is 0 Å². The van der Waals surface area contributed by atoms with E-state index in [4.69, 9.17) is 19.2 Å². The number of ether oxygens (including phenoxy) is 3. The zero-order valence-corrected chi connectivity index (χ0v) is 20.5. The molecular weight excluding hydrogens is 406 g/mol. The molecule has 0 spiro atoms. The Morgan fingerprint density at radius 2 is 1.72 bits per heavy atom. The van der Waals surface area contributed by atoms with Gasteiger partial charge < -0.3 is 29.3 Å². The first kappa shape index (κ1) is 24.5. The van der Waals surface area contributed by atoms with Crippen molar-refractivity contribution in [1.29, 1.82) is 0 Å². The Morgan fingerprint density at radius 1 is 1.03 bits per heavy atom. The molecule has 0 amide bonds. The highest BCUT2D eigenvalue weighted by atomic mass is 16.5. The second kappa shape index (κ2) is 12.2. The molecule has 1 unspecified atom stereocenters. The molecule has 2 saturated heterocycles. The Bertz CT molecular complexity index is 724. The van der Waals surface area contributed by atoms with Gasteiger partial charge in [-0.1, -0.05) is 0 Å². The van der Waals surface area contributed by atoms with Crippen LogP contribution < -0.4 is 19.5 Å². The van der Waals surface area contributed by atoms with Gasteiger partial charge in [0.2, 0.25) is 5.75 Å². The Hall–Kier alpha value is -2.19. The van der Waals surface area contributed by atoms with E-state index < -0.39 is 0 Å². The molecule has 0 bridgehead atoms. The zero-order valence-electron chi connectivity index (χ0n) is 20.5. The minimum atomic E-state index is 0.638. The summed E-state index contributed by atoms with van der Waals surface area (Å²) in [6.45, 7) is 11.1. The molecule has 180 valence electrons. The zero-order chi connectivity index (χ0) is 22.9. The number of guanidine groups is 1. The van der Waals surface area contributed by atoms with Gasteiger partial charge in [-0.05, 0) is 57.0 Å². The molecule has 1 atom stereocenters. The lowest BCUT2D eigenvalue weighted by Gasteiger charge is -2.37. The standard InChI is InChI=1S/C24H41N5O3/c1-6-25-24(26-16-19-8-7-9-27(2)17-19)29-12-10-28(11-13-29)18-20-14-21(30-3)23(32-5)22(15-20)31-4/h14-15,19H,6-13,16-18H2,1-5H3,(H,25,26). The van der Waals surface area contributed by atoms with Crippen molar-refractivity contribution in [2.45, 2.75) is 26.3 Å². The van der Waals surface area contributed by atoms with Crippen LogP contribution in [0.5, 0.6) is 17.2 Å². The lowest BCUT2D eigenvalue weighted by atomic mass is 9.99. The van der Waals surface area contributed by atoms with E-state index >= 15 is 0 Å². The molecule has 1 N–H and O–H groups in total. The molecule has 0 saturated carbocycles. The monoisotopic (exact) mass is 447 g/mol. The first-order valence-electron chi connectivity index (χ1n) is 11.8. The summed E-state index contributed by atoms with van der Waals surface area (Å²) < 4.78 is 16.5. The molecule has 3 rings (SSSR count). The van der Waals surface area contributed by atoms with Crippen molar-refractivity contribution in [3.63, 3.8) is 0 Å². The average Bonchev–Trinajstić information content (AvgIpc) is 2.81. The van der Waals surface area contributed by atoms with Crippen molar-refractivity contribution in [2.24, 2.45) is 10.9 Å². The van der Waals surface area contributed by atoms with Gasteiger partial charge in [-0.25, -0.2) is 0 Å². The lowest BCUT2D eigenvalue weighted by molar-refractivity contribution is 0.171. The summed E-state index contributed by atoms with van der Waals surface area (Å²) in [6, 6.07) is 4.08. The van der Waals surface area contributed by atoms with Gasteiger partial charge in [-0.15, -0.1) is 0 Å². The van der Waals surface area contributed by atoms with Crippen LogP contribution in [0.3, 0.4) is 0 Å². The van der Waals surface area contributed by atoms with Gasteiger partial charge in [-0.2, -0.15) is 0 Å². The van der Waals surface area contributed by atoms with Crippen LogP contribution in [-0.4, -0.2) is 101 Å². The van der Waals surface area contributed by atoms with Crippen molar-refractivity contribution < 1.29 is 14.2 Å². The van der Waals surface area contributed by atoms with Gasteiger partial charge in [0, 0.05) is 52.4 Å².